The molecule has 2 heterocycles. The molecule has 1 N–H and O–H groups in total. The van der Waals surface area contributed by atoms with Crippen molar-refractivity contribution in [2.75, 3.05) is 11.5 Å². The Morgan fingerprint density at radius 1 is 1.12 bits per heavy atom. The average Bonchev–Trinajstić information content (AvgIpc) is 2.71. The van der Waals surface area contributed by atoms with Crippen LogP contribution in [0.1, 0.15) is 73.8 Å². The molecule has 1 unspecified atom stereocenters. The van der Waals surface area contributed by atoms with E-state index in [1.54, 1.807) is 6.92 Å². The van der Waals surface area contributed by atoms with Crippen LogP contribution in [0.2, 0.25) is 0 Å². The van der Waals surface area contributed by atoms with Crippen molar-refractivity contribution in [3.63, 3.8) is 0 Å². The molecule has 3 rings (SSSR count). The molecule has 1 fully saturated rings. The summed E-state index contributed by atoms with van der Waals surface area (Å²) in [5.74, 6) is 0.969. The van der Waals surface area contributed by atoms with Crippen LogP contribution in [0.5, 0.6) is 0 Å². The second-order valence-corrected chi connectivity index (χ2v) is 11.0. The van der Waals surface area contributed by atoms with E-state index >= 15 is 0 Å². The van der Waals surface area contributed by atoms with E-state index in [2.05, 4.69) is 17.6 Å². The Morgan fingerprint density at radius 2 is 1.75 bits per heavy atom. The fraction of sp³-hybridized carbons (Fsp3) is 0.538. The van der Waals surface area contributed by atoms with Crippen LogP contribution in [0, 0.1) is 27.7 Å². The van der Waals surface area contributed by atoms with Crippen LogP contribution < -0.4 is 5.43 Å². The lowest BCUT2D eigenvalue weighted by molar-refractivity contribution is -0.161. The Bertz CT molecular complexity index is 1070. The van der Waals surface area contributed by atoms with Gasteiger partial charge in [0.2, 0.25) is 0 Å². The van der Waals surface area contributed by atoms with Gasteiger partial charge in [0.05, 0.1) is 11.3 Å². The van der Waals surface area contributed by atoms with Crippen LogP contribution in [-0.2, 0) is 9.53 Å². The van der Waals surface area contributed by atoms with Crippen molar-refractivity contribution in [2.45, 2.75) is 79.1 Å². The highest BCUT2D eigenvalue weighted by atomic mass is 32.2. The molecule has 0 spiro atoms. The molecule has 1 saturated heterocycles. The lowest BCUT2D eigenvalue weighted by Crippen LogP contribution is -2.35. The molecule has 1 atom stereocenters. The van der Waals surface area contributed by atoms with Gasteiger partial charge in [0.15, 0.2) is 11.5 Å². The molecule has 0 aliphatic carbocycles. The SMILES string of the molecule is Cc1ccc(-c2c(C)n(C3CCSCC3)c(C(OC(C)(C)C)C(=O)O)c(C)c2=O)cc1C. The van der Waals surface area contributed by atoms with Gasteiger partial charge >= 0.3 is 5.97 Å². The van der Waals surface area contributed by atoms with E-state index in [0.717, 1.165) is 41.2 Å². The van der Waals surface area contributed by atoms with Gasteiger partial charge in [0.1, 0.15) is 0 Å². The number of aryl methyl sites for hydroxylation is 2. The third-order valence-electron chi connectivity index (χ3n) is 6.23. The fourth-order valence-electron chi connectivity index (χ4n) is 4.50. The Kier molecular flexibility index (Phi) is 7.25. The smallest absolute Gasteiger partial charge is 0.339 e. The highest BCUT2D eigenvalue weighted by Crippen LogP contribution is 2.37. The number of aromatic nitrogens is 1. The van der Waals surface area contributed by atoms with Crippen molar-refractivity contribution >= 4 is 17.7 Å². The summed E-state index contributed by atoms with van der Waals surface area (Å²) >= 11 is 1.92. The highest BCUT2D eigenvalue weighted by molar-refractivity contribution is 7.99. The van der Waals surface area contributed by atoms with E-state index < -0.39 is 17.7 Å². The first-order valence-corrected chi connectivity index (χ1v) is 12.4. The third-order valence-corrected chi connectivity index (χ3v) is 7.28. The molecule has 0 radical (unpaired) electrons. The average molecular weight is 458 g/mol. The number of thioether (sulfide) groups is 1. The van der Waals surface area contributed by atoms with Crippen LogP contribution in [0.4, 0.5) is 0 Å². The van der Waals surface area contributed by atoms with Gasteiger partial charge < -0.3 is 14.4 Å². The molecule has 174 valence electrons. The summed E-state index contributed by atoms with van der Waals surface area (Å²) < 4.78 is 8.14. The minimum Gasteiger partial charge on any atom is -0.479 e. The highest BCUT2D eigenvalue weighted by Gasteiger charge is 2.35. The summed E-state index contributed by atoms with van der Waals surface area (Å²) in [4.78, 5) is 26.0. The van der Waals surface area contributed by atoms with Gasteiger partial charge in [-0.2, -0.15) is 11.8 Å². The number of benzene rings is 1. The Hall–Kier alpha value is -2.05. The van der Waals surface area contributed by atoms with Crippen LogP contribution in [0.3, 0.4) is 0 Å². The van der Waals surface area contributed by atoms with Gasteiger partial charge in [-0.1, -0.05) is 18.2 Å². The summed E-state index contributed by atoms with van der Waals surface area (Å²) in [6, 6.07) is 6.23. The minimum absolute atomic E-state index is 0.119. The summed E-state index contributed by atoms with van der Waals surface area (Å²) in [5, 5.41) is 10.1. The van der Waals surface area contributed by atoms with Crippen molar-refractivity contribution < 1.29 is 14.6 Å². The molecule has 1 aliphatic rings. The predicted molar refractivity (Wildman–Crippen MR) is 132 cm³/mol. The lowest BCUT2D eigenvalue weighted by atomic mass is 9.94. The van der Waals surface area contributed by atoms with E-state index in [1.807, 2.05) is 58.5 Å². The molecule has 1 aromatic carbocycles. The second kappa shape index (κ2) is 9.44. The Balaban J connectivity index is 2.35. The molecule has 1 aromatic heterocycles. The predicted octanol–water partition coefficient (Wildman–Crippen LogP) is 5.76. The first-order chi connectivity index (χ1) is 14.9. The second-order valence-electron chi connectivity index (χ2n) is 9.76. The largest absolute Gasteiger partial charge is 0.479 e. The molecular formula is C26H35NO4S. The standard InChI is InChI=1S/C26H35NO4S/c1-15-8-9-19(14-16(15)2)21-18(4)27(20-10-12-32-13-11-20)22(17(3)23(21)28)24(25(29)30)31-26(5,6)7/h8-9,14,20,24H,10-13H2,1-7H3,(H,29,30). The third kappa shape index (κ3) is 4.96. The molecule has 0 bridgehead atoms. The molecule has 32 heavy (non-hydrogen) atoms. The summed E-state index contributed by atoms with van der Waals surface area (Å²) in [7, 11) is 0. The minimum atomic E-state index is -1.20. The summed E-state index contributed by atoms with van der Waals surface area (Å²) in [6.07, 6.45) is 0.675. The van der Waals surface area contributed by atoms with E-state index in [0.29, 0.717) is 16.8 Å². The Labute approximate surface area is 195 Å². The lowest BCUT2D eigenvalue weighted by Gasteiger charge is -2.35. The molecular weight excluding hydrogens is 422 g/mol. The number of carbonyl (C=O) groups is 1. The van der Waals surface area contributed by atoms with Crippen LogP contribution >= 0.6 is 11.8 Å². The number of ether oxygens (including phenoxy) is 1. The zero-order valence-electron chi connectivity index (χ0n) is 20.2. The van der Waals surface area contributed by atoms with Gasteiger partial charge in [-0.15, -0.1) is 0 Å². The van der Waals surface area contributed by atoms with E-state index in [9.17, 15) is 14.7 Å². The molecule has 1 aliphatic heterocycles. The molecule has 6 heteroatoms. The van der Waals surface area contributed by atoms with Crippen LogP contribution in [-0.4, -0.2) is 32.7 Å². The van der Waals surface area contributed by atoms with Gasteiger partial charge in [0, 0.05) is 22.9 Å². The van der Waals surface area contributed by atoms with Crippen molar-refractivity contribution in [3.8, 4) is 11.1 Å². The van der Waals surface area contributed by atoms with Crippen molar-refractivity contribution in [1.29, 1.82) is 0 Å². The fourth-order valence-corrected chi connectivity index (χ4v) is 5.58. The number of carboxylic acid groups (broad SMARTS) is 1. The molecule has 0 saturated carbocycles. The number of rotatable bonds is 5. The van der Waals surface area contributed by atoms with Crippen LogP contribution in [0.15, 0.2) is 23.0 Å². The van der Waals surface area contributed by atoms with Gasteiger partial charge in [-0.05, 0) is 89.5 Å². The normalized spacial score (nSPS) is 16.2. The maximum atomic E-state index is 13.7. The quantitative estimate of drug-likeness (QED) is 0.618. The summed E-state index contributed by atoms with van der Waals surface area (Å²) in [5.41, 5.74) is 4.82. The summed E-state index contributed by atoms with van der Waals surface area (Å²) in [6.45, 7) is 13.3. The topological polar surface area (TPSA) is 68.5 Å². The number of hydrogen-bond acceptors (Lipinski definition) is 4. The van der Waals surface area contributed by atoms with Gasteiger partial charge in [-0.25, -0.2) is 4.79 Å². The van der Waals surface area contributed by atoms with Gasteiger partial charge in [0.25, 0.3) is 0 Å². The molecule has 0 amide bonds. The molecule has 2 aromatic rings. The zero-order valence-corrected chi connectivity index (χ0v) is 21.1. The van der Waals surface area contributed by atoms with E-state index in [4.69, 9.17) is 4.74 Å². The maximum Gasteiger partial charge on any atom is 0.339 e. The van der Waals surface area contributed by atoms with Gasteiger partial charge in [-0.3, -0.25) is 4.79 Å². The van der Waals surface area contributed by atoms with Crippen molar-refractivity contribution in [3.05, 3.63) is 56.5 Å². The Morgan fingerprint density at radius 3 is 2.28 bits per heavy atom. The first-order valence-electron chi connectivity index (χ1n) is 11.2. The first kappa shape index (κ1) is 24.6. The van der Waals surface area contributed by atoms with E-state index in [-0.39, 0.29) is 11.5 Å². The number of pyridine rings is 1. The van der Waals surface area contributed by atoms with E-state index in [1.165, 1.54) is 5.56 Å². The molecule has 5 nitrogen and oxygen atoms in total. The van der Waals surface area contributed by atoms with Crippen molar-refractivity contribution in [1.82, 2.24) is 4.57 Å². The number of hydrogen-bond donors (Lipinski definition) is 1. The number of aliphatic carboxylic acids is 1. The monoisotopic (exact) mass is 457 g/mol. The van der Waals surface area contributed by atoms with Crippen LogP contribution in [0.25, 0.3) is 11.1 Å². The van der Waals surface area contributed by atoms with Crippen molar-refractivity contribution in [2.24, 2.45) is 0 Å². The zero-order chi connectivity index (χ0) is 23.8. The number of nitrogens with zero attached hydrogens (tertiary/aromatic N) is 1. The number of carboxylic acids is 1. The maximum absolute atomic E-state index is 13.7.